The highest BCUT2D eigenvalue weighted by Gasteiger charge is 2.30. The Morgan fingerprint density at radius 1 is 1.29 bits per heavy atom. The highest BCUT2D eigenvalue weighted by atomic mass is 35.5. The number of carbonyl (C=O) groups is 2. The first-order chi connectivity index (χ1) is 10.9. The fraction of sp³-hybridized carbons (Fsp3) is 0.529. The van der Waals surface area contributed by atoms with Gasteiger partial charge in [-0.15, -0.1) is 12.4 Å². The summed E-state index contributed by atoms with van der Waals surface area (Å²) >= 11 is 5.84. The molecule has 1 fully saturated rings. The van der Waals surface area contributed by atoms with Crippen LogP contribution in [0.15, 0.2) is 24.3 Å². The van der Waals surface area contributed by atoms with E-state index in [4.69, 9.17) is 11.6 Å². The van der Waals surface area contributed by atoms with Crippen molar-refractivity contribution in [3.05, 3.63) is 34.9 Å². The van der Waals surface area contributed by atoms with Crippen molar-refractivity contribution >= 4 is 35.8 Å². The van der Waals surface area contributed by atoms with Crippen LogP contribution in [0.25, 0.3) is 0 Å². The highest BCUT2D eigenvalue weighted by Crippen LogP contribution is 2.12. The van der Waals surface area contributed by atoms with Crippen LogP contribution >= 0.6 is 24.0 Å². The predicted molar refractivity (Wildman–Crippen MR) is 98.8 cm³/mol. The number of hydrogen-bond acceptors (Lipinski definition) is 3. The molecule has 5 nitrogen and oxygen atoms in total. The van der Waals surface area contributed by atoms with Crippen molar-refractivity contribution in [1.82, 2.24) is 15.5 Å². The normalized spacial score (nSPS) is 18.7. The van der Waals surface area contributed by atoms with Crippen molar-refractivity contribution in [1.29, 1.82) is 0 Å². The van der Waals surface area contributed by atoms with Gasteiger partial charge in [0.15, 0.2) is 0 Å². The Bertz CT molecular complexity index is 563. The van der Waals surface area contributed by atoms with E-state index in [1.165, 1.54) is 0 Å². The van der Waals surface area contributed by atoms with Gasteiger partial charge in [0.25, 0.3) is 5.91 Å². The monoisotopic (exact) mass is 373 g/mol. The molecule has 1 aromatic carbocycles. The van der Waals surface area contributed by atoms with Gasteiger partial charge in [0.05, 0.1) is 0 Å². The summed E-state index contributed by atoms with van der Waals surface area (Å²) in [5, 5.41) is 6.76. The van der Waals surface area contributed by atoms with Gasteiger partial charge in [0.1, 0.15) is 6.04 Å². The Morgan fingerprint density at radius 3 is 2.46 bits per heavy atom. The number of piperazine rings is 1. The number of amides is 2. The molecule has 2 rings (SSSR count). The molecule has 1 saturated heterocycles. The standard InChI is InChI=1S/C17H24ClN3O2.ClH/c1-11(2)15(17(23)21-9-8-19-12(3)10-21)20-16(22)13-4-6-14(18)7-5-13;/h4-7,11-12,15,19H,8-10H2,1-3H3,(H,20,22);1H. The van der Waals surface area contributed by atoms with Crippen LogP contribution in [0.3, 0.4) is 0 Å². The van der Waals surface area contributed by atoms with Crippen LogP contribution < -0.4 is 10.6 Å². The van der Waals surface area contributed by atoms with E-state index in [0.717, 1.165) is 6.54 Å². The second kappa shape index (κ2) is 9.25. The fourth-order valence-electron chi connectivity index (χ4n) is 2.67. The van der Waals surface area contributed by atoms with Crippen LogP contribution in [0.1, 0.15) is 31.1 Å². The minimum absolute atomic E-state index is 0. The van der Waals surface area contributed by atoms with Gasteiger partial charge in [-0.3, -0.25) is 9.59 Å². The maximum absolute atomic E-state index is 12.8. The lowest BCUT2D eigenvalue weighted by atomic mass is 10.0. The number of rotatable bonds is 4. The molecule has 2 atom stereocenters. The molecule has 2 N–H and O–H groups in total. The Kier molecular flexibility index (Phi) is 8.00. The Morgan fingerprint density at radius 2 is 1.92 bits per heavy atom. The average molecular weight is 374 g/mol. The zero-order chi connectivity index (χ0) is 17.0. The first-order valence-electron chi connectivity index (χ1n) is 7.97. The summed E-state index contributed by atoms with van der Waals surface area (Å²) in [5.74, 6) is -0.253. The molecule has 0 saturated carbocycles. The molecule has 24 heavy (non-hydrogen) atoms. The van der Waals surface area contributed by atoms with E-state index < -0.39 is 6.04 Å². The SMILES string of the molecule is CC1CN(C(=O)C(NC(=O)c2ccc(Cl)cc2)C(C)C)CCN1.Cl. The van der Waals surface area contributed by atoms with Crippen LogP contribution in [0.5, 0.6) is 0 Å². The van der Waals surface area contributed by atoms with Crippen molar-refractivity contribution in [2.24, 2.45) is 5.92 Å². The van der Waals surface area contributed by atoms with Gasteiger partial charge in [-0.2, -0.15) is 0 Å². The van der Waals surface area contributed by atoms with Gasteiger partial charge in [-0.05, 0) is 37.1 Å². The van der Waals surface area contributed by atoms with Crippen LogP contribution in [-0.2, 0) is 4.79 Å². The number of benzene rings is 1. The van der Waals surface area contributed by atoms with E-state index in [9.17, 15) is 9.59 Å². The van der Waals surface area contributed by atoms with Gasteiger partial charge < -0.3 is 15.5 Å². The summed E-state index contributed by atoms with van der Waals surface area (Å²) in [6, 6.07) is 6.40. The van der Waals surface area contributed by atoms with E-state index in [1.807, 2.05) is 18.7 Å². The number of halogens is 2. The lowest BCUT2D eigenvalue weighted by molar-refractivity contribution is -0.135. The Labute approximate surface area is 154 Å². The quantitative estimate of drug-likeness (QED) is 0.851. The number of nitrogens with zero attached hydrogens (tertiary/aromatic N) is 1. The third-order valence-electron chi connectivity index (χ3n) is 4.01. The van der Waals surface area contributed by atoms with Crippen LogP contribution in [0, 0.1) is 5.92 Å². The van der Waals surface area contributed by atoms with E-state index in [-0.39, 0.29) is 36.2 Å². The second-order valence-electron chi connectivity index (χ2n) is 6.34. The third kappa shape index (κ3) is 5.36. The van der Waals surface area contributed by atoms with Crippen molar-refractivity contribution in [3.8, 4) is 0 Å². The molecule has 7 heteroatoms. The highest BCUT2D eigenvalue weighted by molar-refractivity contribution is 6.30. The maximum Gasteiger partial charge on any atom is 0.251 e. The molecular formula is C17H25Cl2N3O2. The maximum atomic E-state index is 12.8. The molecule has 2 amide bonds. The minimum Gasteiger partial charge on any atom is -0.340 e. The zero-order valence-corrected chi connectivity index (χ0v) is 15.8. The summed E-state index contributed by atoms with van der Waals surface area (Å²) in [6.45, 7) is 8.05. The zero-order valence-electron chi connectivity index (χ0n) is 14.2. The largest absolute Gasteiger partial charge is 0.340 e. The van der Waals surface area contributed by atoms with E-state index in [2.05, 4.69) is 17.6 Å². The molecule has 2 unspecified atom stereocenters. The number of nitrogens with one attached hydrogen (secondary N) is 2. The summed E-state index contributed by atoms with van der Waals surface area (Å²) in [4.78, 5) is 27.0. The molecule has 0 bridgehead atoms. The first-order valence-corrected chi connectivity index (χ1v) is 8.35. The van der Waals surface area contributed by atoms with Crippen molar-refractivity contribution in [2.45, 2.75) is 32.9 Å². The number of hydrogen-bond donors (Lipinski definition) is 2. The van der Waals surface area contributed by atoms with Gasteiger partial charge in [0, 0.05) is 36.3 Å². The number of carbonyl (C=O) groups excluding carboxylic acids is 2. The van der Waals surface area contributed by atoms with Crippen LogP contribution in [0.4, 0.5) is 0 Å². The van der Waals surface area contributed by atoms with Gasteiger partial charge in [0.2, 0.25) is 5.91 Å². The van der Waals surface area contributed by atoms with Crippen LogP contribution in [0.2, 0.25) is 5.02 Å². The molecule has 134 valence electrons. The van der Waals surface area contributed by atoms with E-state index in [1.54, 1.807) is 24.3 Å². The van der Waals surface area contributed by atoms with E-state index >= 15 is 0 Å². The summed E-state index contributed by atoms with van der Waals surface area (Å²) in [6.07, 6.45) is 0. The molecule has 1 aliphatic heterocycles. The van der Waals surface area contributed by atoms with Crippen molar-refractivity contribution in [2.75, 3.05) is 19.6 Å². The average Bonchev–Trinajstić information content (AvgIpc) is 2.52. The van der Waals surface area contributed by atoms with Crippen molar-refractivity contribution in [3.63, 3.8) is 0 Å². The molecule has 0 aliphatic carbocycles. The lowest BCUT2D eigenvalue weighted by Gasteiger charge is -2.35. The molecule has 0 radical (unpaired) electrons. The van der Waals surface area contributed by atoms with Crippen LogP contribution in [-0.4, -0.2) is 48.4 Å². The molecule has 0 spiro atoms. The molecule has 1 aliphatic rings. The second-order valence-corrected chi connectivity index (χ2v) is 6.78. The Hall–Kier alpha value is -1.30. The van der Waals surface area contributed by atoms with Gasteiger partial charge in [-0.1, -0.05) is 25.4 Å². The predicted octanol–water partition coefficient (Wildman–Crippen LogP) is 2.34. The fourth-order valence-corrected chi connectivity index (χ4v) is 2.79. The topological polar surface area (TPSA) is 61.4 Å². The molecule has 1 heterocycles. The summed E-state index contributed by atoms with van der Waals surface area (Å²) in [5.41, 5.74) is 0.501. The third-order valence-corrected chi connectivity index (χ3v) is 4.26. The van der Waals surface area contributed by atoms with E-state index in [0.29, 0.717) is 23.7 Å². The lowest BCUT2D eigenvalue weighted by Crippen LogP contribution is -2.57. The molecular weight excluding hydrogens is 349 g/mol. The molecule has 1 aromatic rings. The van der Waals surface area contributed by atoms with Gasteiger partial charge in [-0.25, -0.2) is 0 Å². The van der Waals surface area contributed by atoms with Gasteiger partial charge >= 0.3 is 0 Å². The molecule has 0 aromatic heterocycles. The summed E-state index contributed by atoms with van der Waals surface area (Å²) in [7, 11) is 0. The Balaban J connectivity index is 0.00000288. The first kappa shape index (κ1) is 20.7. The smallest absolute Gasteiger partial charge is 0.251 e. The van der Waals surface area contributed by atoms with Crippen molar-refractivity contribution < 1.29 is 9.59 Å². The minimum atomic E-state index is -0.525. The summed E-state index contributed by atoms with van der Waals surface area (Å²) < 4.78 is 0.